The van der Waals surface area contributed by atoms with E-state index < -0.39 is 81.5 Å². The highest BCUT2D eigenvalue weighted by molar-refractivity contribution is 9.11. The quantitative estimate of drug-likeness (QED) is 0.154. The van der Waals surface area contributed by atoms with Crippen molar-refractivity contribution < 1.29 is 67.2 Å². The molecule has 2 atom stereocenters. The van der Waals surface area contributed by atoms with Crippen molar-refractivity contribution in [1.82, 2.24) is 0 Å². The number of aryl methyl sites for hydroxylation is 1. The topological polar surface area (TPSA) is 110 Å². The molecule has 7 nitrogen and oxygen atoms in total. The van der Waals surface area contributed by atoms with E-state index in [0.717, 1.165) is 12.1 Å². The van der Waals surface area contributed by atoms with Gasteiger partial charge in [0.15, 0.2) is 0 Å². The second-order valence-corrected chi connectivity index (χ2v) is 17.2. The van der Waals surface area contributed by atoms with Gasteiger partial charge in [-0.2, -0.15) is 26.3 Å². The zero-order valence-corrected chi connectivity index (χ0v) is 28.1. The van der Waals surface area contributed by atoms with Gasteiger partial charge in [-0.1, -0.05) is 59.9 Å². The van der Waals surface area contributed by atoms with Crippen molar-refractivity contribution in [3.05, 3.63) is 102 Å². The minimum Gasteiger partial charge on any atom is -0.320 e. The normalized spacial score (nSPS) is 17.2. The van der Waals surface area contributed by atoms with Crippen molar-refractivity contribution in [2.45, 2.75) is 23.9 Å². The minimum absolute atomic E-state index is 0.225. The Bertz CT molecular complexity index is 1640. The number of rotatable bonds is 10. The second-order valence-electron chi connectivity index (χ2n) is 8.56. The van der Waals surface area contributed by atoms with Crippen LogP contribution in [0, 0.1) is 18.6 Å². The smallest absolute Gasteiger partial charge is 0.320 e. The van der Waals surface area contributed by atoms with E-state index in [4.69, 9.17) is 0 Å². The summed E-state index contributed by atoms with van der Waals surface area (Å²) >= 11 is 7.63. The van der Waals surface area contributed by atoms with E-state index in [-0.39, 0.29) is 17.7 Å². The lowest BCUT2D eigenvalue weighted by molar-refractivity contribution is 0.0290. The van der Waals surface area contributed by atoms with E-state index in [1.54, 1.807) is 0 Å². The molecule has 2 N–H and O–H groups in total. The molecular formula is C22H14Br3F8O7P3. The summed E-state index contributed by atoms with van der Waals surface area (Å²) in [6, 6.07) is 4.29. The molecule has 21 heteroatoms. The van der Waals surface area contributed by atoms with Gasteiger partial charge in [0.2, 0.25) is 0 Å². The Balaban J connectivity index is 2.25. The Morgan fingerprint density at radius 3 is 1.28 bits per heavy atom. The van der Waals surface area contributed by atoms with E-state index >= 15 is 26.3 Å². The molecule has 0 aliphatic carbocycles. The van der Waals surface area contributed by atoms with Crippen molar-refractivity contribution in [3.8, 4) is 0 Å². The second kappa shape index (κ2) is 12.4. The molecule has 0 fully saturated rings. The largest absolute Gasteiger partial charge is 0.419 e. The highest BCUT2D eigenvalue weighted by Gasteiger charge is 2.69. The Labute approximate surface area is 262 Å². The zero-order chi connectivity index (χ0) is 33.0. The van der Waals surface area contributed by atoms with Crippen LogP contribution in [0.25, 0.3) is 0 Å². The van der Waals surface area contributed by atoms with E-state index in [0.29, 0.717) is 30.3 Å². The first-order valence-corrected chi connectivity index (χ1v) is 18.0. The number of benzene rings is 3. The fourth-order valence-electron chi connectivity index (χ4n) is 3.29. The van der Waals surface area contributed by atoms with Crippen molar-refractivity contribution in [2.24, 2.45) is 0 Å². The molecule has 0 amide bonds. The maximum absolute atomic E-state index is 15.9. The van der Waals surface area contributed by atoms with Crippen LogP contribution in [-0.4, -0.2) is 9.79 Å². The molecule has 0 aromatic heterocycles. The van der Waals surface area contributed by atoms with Gasteiger partial charge in [-0.3, -0.25) is 13.7 Å². The third kappa shape index (κ3) is 6.94. The molecule has 0 heterocycles. The van der Waals surface area contributed by atoms with Crippen LogP contribution in [-0.2, 0) is 39.3 Å². The Hall–Kier alpha value is -0.930. The molecule has 3 aromatic rings. The number of halogens is 11. The third-order valence-corrected chi connectivity index (χ3v) is 13.7. The Kier molecular flexibility index (Phi) is 10.5. The van der Waals surface area contributed by atoms with Gasteiger partial charge in [-0.15, -0.1) is 0 Å². The van der Waals surface area contributed by atoms with Crippen LogP contribution in [0.5, 0.6) is 0 Å². The molecule has 3 aromatic carbocycles. The maximum Gasteiger partial charge on any atom is 0.419 e. The lowest BCUT2D eigenvalue weighted by Gasteiger charge is -2.33. The third-order valence-electron chi connectivity index (χ3n) is 5.45. The summed E-state index contributed by atoms with van der Waals surface area (Å²) in [7, 11) is -21.7. The Morgan fingerprint density at radius 2 is 0.930 bits per heavy atom. The van der Waals surface area contributed by atoms with Gasteiger partial charge in [0.25, 0.3) is 0 Å². The van der Waals surface area contributed by atoms with Crippen LogP contribution in [0.4, 0.5) is 35.1 Å². The fourth-order valence-corrected chi connectivity index (χ4v) is 11.5. The minimum atomic E-state index is -7.44. The molecule has 2 unspecified atom stereocenters. The molecule has 0 saturated heterocycles. The summed E-state index contributed by atoms with van der Waals surface area (Å²) in [6.07, 6.45) is 0. The monoisotopic (exact) mass is 872 g/mol. The molecule has 0 aliphatic heterocycles. The van der Waals surface area contributed by atoms with E-state index in [1.807, 2.05) is 0 Å². The summed E-state index contributed by atoms with van der Waals surface area (Å²) in [5.74, 6) is -2.28. The first-order valence-electron chi connectivity index (χ1n) is 10.9. The predicted octanol–water partition coefficient (Wildman–Crippen LogP) is 10.7. The molecule has 0 spiro atoms. The number of alkyl halides is 6. The SMILES string of the molecule is Cc1ccc(C(F)(F)P(=O)(OP(=O)(O)C(F)(F)c2ccc(F)cc2Br)OP(=O)(O)C(F)(F)c2ccc(F)cc2Br)c(Br)c1. The van der Waals surface area contributed by atoms with Crippen molar-refractivity contribution in [3.63, 3.8) is 0 Å². The van der Waals surface area contributed by atoms with Crippen LogP contribution in [0.3, 0.4) is 0 Å². The van der Waals surface area contributed by atoms with Crippen LogP contribution in [0.15, 0.2) is 68.0 Å². The van der Waals surface area contributed by atoms with Crippen molar-refractivity contribution in [2.75, 3.05) is 0 Å². The highest BCUT2D eigenvalue weighted by atomic mass is 79.9. The van der Waals surface area contributed by atoms with Crippen molar-refractivity contribution in [1.29, 1.82) is 0 Å². The summed E-state index contributed by atoms with van der Waals surface area (Å²) < 4.78 is 164. The van der Waals surface area contributed by atoms with Gasteiger partial charge in [0, 0.05) is 30.1 Å². The predicted molar refractivity (Wildman–Crippen MR) is 148 cm³/mol. The molecule has 0 radical (unpaired) electrons. The molecule has 43 heavy (non-hydrogen) atoms. The molecule has 0 aliphatic rings. The average molecular weight is 875 g/mol. The van der Waals surface area contributed by atoms with E-state index in [9.17, 15) is 32.3 Å². The van der Waals surface area contributed by atoms with Gasteiger partial charge < -0.3 is 9.79 Å². The maximum atomic E-state index is 15.9. The summed E-state index contributed by atoms with van der Waals surface area (Å²) in [4.78, 5) is 20.4. The number of hydrogen-bond acceptors (Lipinski definition) is 5. The molecular weight excluding hydrogens is 861 g/mol. The van der Waals surface area contributed by atoms with Gasteiger partial charge in [-0.25, -0.2) is 17.4 Å². The zero-order valence-electron chi connectivity index (χ0n) is 20.6. The highest BCUT2D eigenvalue weighted by Crippen LogP contribution is 2.84. The van der Waals surface area contributed by atoms with Crippen LogP contribution in [0.1, 0.15) is 22.3 Å². The van der Waals surface area contributed by atoms with Gasteiger partial charge in [0.1, 0.15) is 11.6 Å². The molecule has 0 saturated carbocycles. The Morgan fingerprint density at radius 1 is 0.605 bits per heavy atom. The molecule has 0 bridgehead atoms. The molecule has 3 rings (SSSR count). The fraction of sp³-hybridized carbons (Fsp3) is 0.182. The van der Waals surface area contributed by atoms with E-state index in [2.05, 4.69) is 56.4 Å². The van der Waals surface area contributed by atoms with Crippen LogP contribution >= 0.6 is 70.6 Å². The van der Waals surface area contributed by atoms with Crippen molar-refractivity contribution >= 4 is 70.6 Å². The van der Waals surface area contributed by atoms with E-state index in [1.165, 1.54) is 6.92 Å². The summed E-state index contributed by atoms with van der Waals surface area (Å²) in [5, 5.41) is 0. The van der Waals surface area contributed by atoms with Crippen LogP contribution in [0.2, 0.25) is 0 Å². The number of hydrogen-bond donors (Lipinski definition) is 2. The summed E-state index contributed by atoms with van der Waals surface area (Å²) in [6.45, 7) is 1.38. The average Bonchev–Trinajstić information content (AvgIpc) is 2.82. The molecule has 236 valence electrons. The van der Waals surface area contributed by atoms with Gasteiger partial charge in [0.05, 0.1) is 0 Å². The van der Waals surface area contributed by atoms with Gasteiger partial charge >= 0.3 is 39.8 Å². The lowest BCUT2D eigenvalue weighted by Crippen LogP contribution is -2.24. The standard InChI is InChI=1S/C22H14Br3F8O7P3/c1-11-2-5-16(17(23)8-11)22(32,33)43(38,39-41(34,35)20(28,29)14-6-3-12(26)9-18(14)24)40-42(36,37)21(30,31)15-7-4-13(27)10-19(15)25/h2-10H,1H3,(H,34,35)(H,36,37). The first-order chi connectivity index (χ1) is 19.4. The lowest BCUT2D eigenvalue weighted by atomic mass is 10.1. The first kappa shape index (κ1) is 36.5. The van der Waals surface area contributed by atoms with Crippen LogP contribution < -0.4 is 0 Å². The van der Waals surface area contributed by atoms with Gasteiger partial charge in [-0.05, 0) is 55.0 Å². The summed E-state index contributed by atoms with van der Waals surface area (Å²) in [5.41, 5.74) is -20.5.